The van der Waals surface area contributed by atoms with E-state index in [1.807, 2.05) is 13.8 Å². The van der Waals surface area contributed by atoms with Gasteiger partial charge in [-0.25, -0.2) is 0 Å². The molecule has 61 heavy (non-hydrogen) atoms. The third-order valence-corrected chi connectivity index (χ3v) is 11.5. The standard InChI is InChI=1S/C54H37N3.C4H6/c1-5-15-38(16-6-1)40-25-29-44(30-26-40)55(45-31-27-41(28-32-45)39-17-7-2-8-18-39)46-33-34-49-52(37-46)56(42-19-9-3-10-20-42)51-36-35-48-47-23-13-14-24-50(47)57(54(48)53(49)51)43-21-11-4-12-22-43;1-3-4-2/h1-37H;1-2H3. The lowest BCUT2D eigenvalue weighted by molar-refractivity contribution is 1.17. The molecule has 290 valence electrons. The summed E-state index contributed by atoms with van der Waals surface area (Å²) in [5.41, 5.74) is 15.1. The number of benzene rings is 9. The summed E-state index contributed by atoms with van der Waals surface area (Å²) in [6, 6.07) is 81.0. The SMILES string of the molecule is CC#CC.c1ccc(-c2ccc(N(c3ccc(-c4ccccc4)cc3)c3ccc4c5c(ccc6c7ccccc7n(-c7ccccc7)c65)n(-c5ccccc5)c4c3)cc2)cc1. The van der Waals surface area contributed by atoms with E-state index in [0.29, 0.717) is 0 Å². The maximum atomic E-state index is 2.68. The number of aromatic nitrogens is 2. The topological polar surface area (TPSA) is 13.1 Å². The summed E-state index contributed by atoms with van der Waals surface area (Å²) in [7, 11) is 0. The first-order valence-electron chi connectivity index (χ1n) is 20.8. The molecule has 0 unspecified atom stereocenters. The van der Waals surface area contributed by atoms with Crippen molar-refractivity contribution < 1.29 is 0 Å². The largest absolute Gasteiger partial charge is 0.310 e. The van der Waals surface area contributed by atoms with Crippen LogP contribution in [0.2, 0.25) is 0 Å². The van der Waals surface area contributed by atoms with Gasteiger partial charge in [-0.15, -0.1) is 11.8 Å². The van der Waals surface area contributed by atoms with E-state index in [-0.39, 0.29) is 0 Å². The van der Waals surface area contributed by atoms with Crippen LogP contribution in [0.3, 0.4) is 0 Å². The first-order chi connectivity index (χ1) is 30.2. The lowest BCUT2D eigenvalue weighted by atomic mass is 10.0. The van der Waals surface area contributed by atoms with Gasteiger partial charge in [0.2, 0.25) is 0 Å². The van der Waals surface area contributed by atoms with Crippen molar-refractivity contribution in [3.63, 3.8) is 0 Å². The van der Waals surface area contributed by atoms with Gasteiger partial charge in [0.25, 0.3) is 0 Å². The highest BCUT2D eigenvalue weighted by Crippen LogP contribution is 2.44. The summed E-state index contributed by atoms with van der Waals surface area (Å²) in [4.78, 5) is 2.38. The van der Waals surface area contributed by atoms with Crippen molar-refractivity contribution in [1.82, 2.24) is 9.13 Å². The van der Waals surface area contributed by atoms with Crippen LogP contribution in [0.4, 0.5) is 17.1 Å². The molecule has 11 aromatic rings. The van der Waals surface area contributed by atoms with Crippen molar-refractivity contribution in [2.45, 2.75) is 13.8 Å². The average Bonchev–Trinajstić information content (AvgIpc) is 3.86. The van der Waals surface area contributed by atoms with E-state index in [9.17, 15) is 0 Å². The summed E-state index contributed by atoms with van der Waals surface area (Å²) in [5, 5.41) is 4.95. The van der Waals surface area contributed by atoms with Crippen LogP contribution >= 0.6 is 0 Å². The average molecular weight is 782 g/mol. The van der Waals surface area contributed by atoms with Crippen LogP contribution < -0.4 is 4.90 Å². The molecule has 0 aliphatic heterocycles. The number of nitrogens with zero attached hydrogens (tertiary/aromatic N) is 3. The fourth-order valence-corrected chi connectivity index (χ4v) is 8.70. The maximum Gasteiger partial charge on any atom is 0.0641 e. The van der Waals surface area contributed by atoms with Gasteiger partial charge < -0.3 is 14.0 Å². The minimum Gasteiger partial charge on any atom is -0.310 e. The summed E-state index contributed by atoms with van der Waals surface area (Å²) in [5.74, 6) is 5.36. The van der Waals surface area contributed by atoms with Gasteiger partial charge in [-0.05, 0) is 109 Å². The van der Waals surface area contributed by atoms with Crippen molar-refractivity contribution in [2.75, 3.05) is 4.90 Å². The smallest absolute Gasteiger partial charge is 0.0641 e. The molecule has 0 saturated heterocycles. The molecule has 0 radical (unpaired) electrons. The van der Waals surface area contributed by atoms with E-state index in [1.54, 1.807) is 0 Å². The molecule has 0 aliphatic carbocycles. The van der Waals surface area contributed by atoms with Crippen LogP contribution in [0.25, 0.3) is 77.2 Å². The third kappa shape index (κ3) is 6.81. The van der Waals surface area contributed by atoms with E-state index >= 15 is 0 Å². The van der Waals surface area contributed by atoms with Crippen LogP contribution in [0.15, 0.2) is 224 Å². The van der Waals surface area contributed by atoms with Crippen molar-refractivity contribution in [1.29, 1.82) is 0 Å². The van der Waals surface area contributed by atoms with Crippen LogP contribution in [0.5, 0.6) is 0 Å². The Morgan fingerprint density at radius 3 is 1.31 bits per heavy atom. The minimum absolute atomic E-state index is 1.09. The summed E-state index contributed by atoms with van der Waals surface area (Å²) < 4.78 is 4.89. The zero-order valence-electron chi connectivity index (χ0n) is 34.2. The Hall–Kier alpha value is -8.06. The monoisotopic (exact) mass is 781 g/mol. The molecule has 0 fully saturated rings. The molecule has 0 spiro atoms. The van der Waals surface area contributed by atoms with Gasteiger partial charge in [0, 0.05) is 50.0 Å². The highest BCUT2D eigenvalue weighted by Gasteiger charge is 2.22. The Kier molecular flexibility index (Phi) is 9.95. The van der Waals surface area contributed by atoms with Gasteiger partial charge in [0.15, 0.2) is 0 Å². The summed E-state index contributed by atoms with van der Waals surface area (Å²) in [6.07, 6.45) is 0. The van der Waals surface area contributed by atoms with Crippen molar-refractivity contribution >= 4 is 60.7 Å². The lowest BCUT2D eigenvalue weighted by Crippen LogP contribution is -2.10. The summed E-state index contributed by atoms with van der Waals surface area (Å²) >= 11 is 0. The molecule has 3 nitrogen and oxygen atoms in total. The van der Waals surface area contributed by atoms with Crippen LogP contribution in [0, 0.1) is 11.8 Å². The molecule has 2 aromatic heterocycles. The van der Waals surface area contributed by atoms with Gasteiger partial charge >= 0.3 is 0 Å². The molecular weight excluding hydrogens is 739 g/mol. The van der Waals surface area contributed by atoms with E-state index < -0.39 is 0 Å². The second kappa shape index (κ2) is 16.3. The fourth-order valence-electron chi connectivity index (χ4n) is 8.70. The third-order valence-electron chi connectivity index (χ3n) is 11.5. The van der Waals surface area contributed by atoms with Crippen LogP contribution in [-0.4, -0.2) is 9.13 Å². The normalized spacial score (nSPS) is 11.0. The molecule has 11 rings (SSSR count). The molecular formula is C58H43N3. The van der Waals surface area contributed by atoms with Crippen LogP contribution in [-0.2, 0) is 0 Å². The second-order valence-corrected chi connectivity index (χ2v) is 15.1. The molecule has 0 bridgehead atoms. The summed E-state index contributed by atoms with van der Waals surface area (Å²) in [6.45, 7) is 3.64. The Balaban J connectivity index is 0.00000107. The molecule has 0 amide bonds. The first kappa shape index (κ1) is 37.2. The Labute approximate surface area is 357 Å². The number of hydrogen-bond donors (Lipinski definition) is 0. The Bertz CT molecular complexity index is 3250. The van der Waals surface area contributed by atoms with E-state index in [4.69, 9.17) is 0 Å². The van der Waals surface area contributed by atoms with Gasteiger partial charge in [-0.2, -0.15) is 0 Å². The predicted octanol–water partition coefficient (Wildman–Crippen LogP) is 15.7. The molecule has 0 aliphatic rings. The quantitative estimate of drug-likeness (QED) is 0.147. The number of hydrogen-bond acceptors (Lipinski definition) is 1. The van der Waals surface area contributed by atoms with Crippen molar-refractivity contribution in [3.05, 3.63) is 224 Å². The highest BCUT2D eigenvalue weighted by molar-refractivity contribution is 6.26. The van der Waals surface area contributed by atoms with E-state index in [0.717, 1.165) is 34.0 Å². The fraction of sp³-hybridized carbons (Fsp3) is 0.0345. The molecule has 0 saturated carbocycles. The Morgan fingerprint density at radius 1 is 0.328 bits per heavy atom. The number of rotatable bonds is 7. The molecule has 2 heterocycles. The number of para-hydroxylation sites is 3. The van der Waals surface area contributed by atoms with Gasteiger partial charge in [-0.3, -0.25) is 0 Å². The van der Waals surface area contributed by atoms with Crippen molar-refractivity contribution in [3.8, 4) is 45.5 Å². The zero-order chi connectivity index (χ0) is 41.1. The predicted molar refractivity (Wildman–Crippen MR) is 260 cm³/mol. The van der Waals surface area contributed by atoms with Gasteiger partial charge in [0.05, 0.1) is 22.1 Å². The minimum atomic E-state index is 1.09. The zero-order valence-corrected chi connectivity index (χ0v) is 34.2. The van der Waals surface area contributed by atoms with Gasteiger partial charge in [0.1, 0.15) is 0 Å². The number of anilines is 3. The van der Waals surface area contributed by atoms with Gasteiger partial charge in [-0.1, -0.05) is 152 Å². The molecule has 3 heteroatoms. The maximum absolute atomic E-state index is 2.68. The van der Waals surface area contributed by atoms with Crippen molar-refractivity contribution in [2.24, 2.45) is 0 Å². The van der Waals surface area contributed by atoms with Crippen LogP contribution in [0.1, 0.15) is 13.8 Å². The second-order valence-electron chi connectivity index (χ2n) is 15.1. The Morgan fingerprint density at radius 2 is 0.770 bits per heavy atom. The molecule has 0 N–H and O–H groups in total. The van der Waals surface area contributed by atoms with E-state index in [2.05, 4.69) is 250 Å². The molecule has 9 aromatic carbocycles. The first-order valence-corrected chi connectivity index (χ1v) is 20.8. The molecule has 0 atom stereocenters. The number of fused-ring (bicyclic) bond motifs is 7. The van der Waals surface area contributed by atoms with E-state index in [1.165, 1.54) is 60.3 Å². The lowest BCUT2D eigenvalue weighted by Gasteiger charge is -2.26. The highest BCUT2D eigenvalue weighted by atomic mass is 15.1.